The summed E-state index contributed by atoms with van der Waals surface area (Å²) in [5, 5.41) is 8.95. The van der Waals surface area contributed by atoms with Crippen LogP contribution in [0.1, 0.15) is 96.8 Å². The summed E-state index contributed by atoms with van der Waals surface area (Å²) in [6.07, 6.45) is 19.0. The molecule has 0 saturated carbocycles. The summed E-state index contributed by atoms with van der Waals surface area (Å²) in [6.45, 7) is 1.23. The van der Waals surface area contributed by atoms with Crippen molar-refractivity contribution in [1.29, 1.82) is 0 Å². The number of aliphatic hydroxyl groups is 1. The number of aliphatic hydroxyl groups excluding tert-OH is 1. The Balaban J connectivity index is 3.47. The van der Waals surface area contributed by atoms with Crippen molar-refractivity contribution in [1.82, 2.24) is 0 Å². The zero-order valence-electron chi connectivity index (χ0n) is 18.0. The molecule has 172 valence electrons. The number of hydrogen-bond donors (Lipinski definition) is 3. The number of unbranched alkanes of at least 4 members (excludes halogenated alkanes) is 11. The van der Waals surface area contributed by atoms with Crippen LogP contribution in [0.2, 0.25) is 0 Å². The van der Waals surface area contributed by atoms with E-state index in [1.165, 1.54) is 51.4 Å². The third-order valence-electron chi connectivity index (χ3n) is 4.56. The Morgan fingerprint density at radius 3 is 1.93 bits per heavy atom. The highest BCUT2D eigenvalue weighted by atomic mass is 31.2. The molecule has 0 bridgehead atoms. The summed E-state index contributed by atoms with van der Waals surface area (Å²) >= 11 is 0. The minimum atomic E-state index is -4.71. The average Bonchev–Trinajstić information content (AvgIpc) is 2.67. The highest BCUT2D eigenvalue weighted by Gasteiger charge is 2.22. The summed E-state index contributed by atoms with van der Waals surface area (Å²) in [7, 11) is -4.71. The molecule has 0 aliphatic rings. The average molecular weight is 437 g/mol. The van der Waals surface area contributed by atoms with Crippen molar-refractivity contribution in [2.75, 3.05) is 13.2 Å². The quantitative estimate of drug-likeness (QED) is 0.106. The Labute approximate surface area is 176 Å². The van der Waals surface area contributed by atoms with E-state index in [9.17, 15) is 9.36 Å². The lowest BCUT2D eigenvalue weighted by atomic mass is 10.1. The number of ether oxygens (including phenoxy) is 1. The van der Waals surface area contributed by atoms with E-state index in [1.807, 2.05) is 0 Å². The molecule has 0 saturated heterocycles. The lowest BCUT2D eigenvalue weighted by Gasteiger charge is -2.15. The number of carbonyl (C=O) groups is 1. The van der Waals surface area contributed by atoms with Gasteiger partial charge in [-0.3, -0.25) is 9.32 Å². The van der Waals surface area contributed by atoms with Gasteiger partial charge in [0.15, 0.2) is 0 Å². The second-order valence-corrected chi connectivity index (χ2v) is 8.61. The summed E-state index contributed by atoms with van der Waals surface area (Å²) in [6, 6.07) is 0. The fourth-order valence-electron chi connectivity index (χ4n) is 2.91. The Hall–Kier alpha value is -0.720. The molecule has 0 radical (unpaired) electrons. The van der Waals surface area contributed by atoms with Crippen LogP contribution in [-0.2, 0) is 18.6 Å². The van der Waals surface area contributed by atoms with Crippen LogP contribution < -0.4 is 0 Å². The van der Waals surface area contributed by atoms with Gasteiger partial charge in [0.25, 0.3) is 0 Å². The number of allylic oxidation sites excluding steroid dienone is 2. The SMILES string of the molecule is CCCCCCCCCCC=CCCCCCC(=O)OCC(CO)OP(=O)(O)O. The first-order valence-corrected chi connectivity index (χ1v) is 12.6. The van der Waals surface area contributed by atoms with Gasteiger partial charge in [0.2, 0.25) is 0 Å². The van der Waals surface area contributed by atoms with Crippen LogP contribution in [0.4, 0.5) is 0 Å². The van der Waals surface area contributed by atoms with Gasteiger partial charge in [0.1, 0.15) is 12.7 Å². The maximum atomic E-state index is 11.6. The molecule has 3 N–H and O–H groups in total. The van der Waals surface area contributed by atoms with Gasteiger partial charge in [-0.15, -0.1) is 0 Å². The van der Waals surface area contributed by atoms with Crippen LogP contribution in [0, 0.1) is 0 Å². The van der Waals surface area contributed by atoms with E-state index < -0.39 is 26.5 Å². The first-order valence-electron chi connectivity index (χ1n) is 11.0. The predicted molar refractivity (Wildman–Crippen MR) is 114 cm³/mol. The van der Waals surface area contributed by atoms with E-state index >= 15 is 0 Å². The van der Waals surface area contributed by atoms with Crippen molar-refractivity contribution in [3.05, 3.63) is 12.2 Å². The molecule has 1 atom stereocenters. The maximum absolute atomic E-state index is 11.6. The van der Waals surface area contributed by atoms with Crippen LogP contribution in [0.15, 0.2) is 12.2 Å². The van der Waals surface area contributed by atoms with Gasteiger partial charge in [0, 0.05) is 6.42 Å². The van der Waals surface area contributed by atoms with Crippen LogP contribution in [0.3, 0.4) is 0 Å². The second-order valence-electron chi connectivity index (χ2n) is 7.42. The van der Waals surface area contributed by atoms with Gasteiger partial charge >= 0.3 is 13.8 Å². The van der Waals surface area contributed by atoms with E-state index in [1.54, 1.807) is 0 Å². The predicted octanol–water partition coefficient (Wildman–Crippen LogP) is 5.04. The smallest absolute Gasteiger partial charge is 0.463 e. The van der Waals surface area contributed by atoms with Crippen LogP contribution in [0.5, 0.6) is 0 Å². The minimum absolute atomic E-state index is 0.246. The van der Waals surface area contributed by atoms with Crippen molar-refractivity contribution in [3.63, 3.8) is 0 Å². The molecule has 0 heterocycles. The summed E-state index contributed by atoms with van der Waals surface area (Å²) in [5.41, 5.74) is 0. The zero-order chi connectivity index (χ0) is 21.8. The van der Waals surface area contributed by atoms with Crippen molar-refractivity contribution in [2.45, 2.75) is 103 Å². The number of rotatable bonds is 20. The van der Waals surface area contributed by atoms with Gasteiger partial charge < -0.3 is 19.6 Å². The molecule has 8 heteroatoms. The monoisotopic (exact) mass is 436 g/mol. The largest absolute Gasteiger partial charge is 0.470 e. The molecule has 7 nitrogen and oxygen atoms in total. The highest BCUT2D eigenvalue weighted by molar-refractivity contribution is 7.46. The molecule has 0 aliphatic heterocycles. The van der Waals surface area contributed by atoms with Crippen LogP contribution >= 0.6 is 7.82 Å². The third kappa shape index (κ3) is 21.8. The molecule has 0 fully saturated rings. The molecule has 0 spiro atoms. The summed E-state index contributed by atoms with van der Waals surface area (Å²) in [5.74, 6) is -0.456. The van der Waals surface area contributed by atoms with E-state index in [4.69, 9.17) is 19.6 Å². The van der Waals surface area contributed by atoms with Gasteiger partial charge in [-0.05, 0) is 32.1 Å². The molecular formula is C21H41O7P. The Morgan fingerprint density at radius 2 is 1.41 bits per heavy atom. The fraction of sp³-hybridized carbons (Fsp3) is 0.857. The van der Waals surface area contributed by atoms with E-state index in [0.717, 1.165) is 25.7 Å². The van der Waals surface area contributed by atoms with Crippen molar-refractivity contribution >= 4 is 13.8 Å². The third-order valence-corrected chi connectivity index (χ3v) is 5.14. The molecule has 0 aliphatic carbocycles. The molecule has 29 heavy (non-hydrogen) atoms. The first-order chi connectivity index (χ1) is 13.9. The highest BCUT2D eigenvalue weighted by Crippen LogP contribution is 2.37. The zero-order valence-corrected chi connectivity index (χ0v) is 18.9. The summed E-state index contributed by atoms with van der Waals surface area (Å²) in [4.78, 5) is 28.9. The van der Waals surface area contributed by atoms with Gasteiger partial charge in [-0.25, -0.2) is 4.57 Å². The first kappa shape index (κ1) is 28.3. The maximum Gasteiger partial charge on any atom is 0.470 e. The van der Waals surface area contributed by atoms with Crippen molar-refractivity contribution in [2.24, 2.45) is 0 Å². The lowest BCUT2D eigenvalue weighted by Crippen LogP contribution is -2.24. The Bertz CT molecular complexity index is 462. The van der Waals surface area contributed by atoms with Crippen molar-refractivity contribution in [3.8, 4) is 0 Å². The molecule has 0 rings (SSSR count). The van der Waals surface area contributed by atoms with E-state index in [0.29, 0.717) is 6.42 Å². The number of carbonyl (C=O) groups excluding carboxylic acids is 1. The molecule has 0 amide bonds. The number of phosphoric ester groups is 1. The number of hydrogen-bond acceptors (Lipinski definition) is 5. The Morgan fingerprint density at radius 1 is 0.897 bits per heavy atom. The van der Waals surface area contributed by atoms with Crippen LogP contribution in [-0.4, -0.2) is 40.2 Å². The molecule has 0 aromatic rings. The number of esters is 1. The molecule has 0 aromatic heterocycles. The lowest BCUT2D eigenvalue weighted by molar-refractivity contribution is -0.147. The molecule has 1 unspecified atom stereocenters. The topological polar surface area (TPSA) is 113 Å². The van der Waals surface area contributed by atoms with E-state index in [2.05, 4.69) is 23.6 Å². The molecule has 0 aromatic carbocycles. The molecular weight excluding hydrogens is 395 g/mol. The van der Waals surface area contributed by atoms with E-state index in [-0.39, 0.29) is 13.0 Å². The van der Waals surface area contributed by atoms with Crippen molar-refractivity contribution < 1.29 is 33.5 Å². The number of phosphoric acid groups is 1. The normalized spacial score (nSPS) is 13.1. The van der Waals surface area contributed by atoms with Gasteiger partial charge in [0.05, 0.1) is 6.61 Å². The minimum Gasteiger partial charge on any atom is -0.463 e. The van der Waals surface area contributed by atoms with Crippen LogP contribution in [0.25, 0.3) is 0 Å². The van der Waals surface area contributed by atoms with Gasteiger partial charge in [-0.2, -0.15) is 0 Å². The summed E-state index contributed by atoms with van der Waals surface area (Å²) < 4.78 is 19.9. The second kappa shape index (κ2) is 19.3. The Kier molecular flexibility index (Phi) is 18.8. The standard InChI is InChI=1S/C21H41O7P/c1-2-3-4-5-6-7-8-9-10-11-12-13-14-15-16-17-21(23)27-19-20(18-22)28-29(24,25)26/h11-12,20,22H,2-10,13-19H2,1H3,(H2,24,25,26). The van der Waals surface area contributed by atoms with Gasteiger partial charge in [-0.1, -0.05) is 70.4 Å². The fourth-order valence-corrected chi connectivity index (χ4v) is 3.42.